The van der Waals surface area contributed by atoms with Gasteiger partial charge in [-0.3, -0.25) is 0 Å². The van der Waals surface area contributed by atoms with Crippen molar-refractivity contribution >= 4 is 17.2 Å². The fourth-order valence-corrected chi connectivity index (χ4v) is 1.52. The smallest absolute Gasteiger partial charge is 0.239 e. The lowest BCUT2D eigenvalue weighted by Gasteiger charge is -2.03. The lowest BCUT2D eigenvalue weighted by molar-refractivity contribution is 0.447. The van der Waals surface area contributed by atoms with Gasteiger partial charge in [-0.1, -0.05) is 17.7 Å². The highest BCUT2D eigenvalue weighted by atomic mass is 35.5. The van der Waals surface area contributed by atoms with Gasteiger partial charge in [-0.25, -0.2) is 0 Å². The van der Waals surface area contributed by atoms with Crippen LogP contribution in [-0.2, 0) is 0 Å². The molecule has 0 saturated heterocycles. The van der Waals surface area contributed by atoms with Crippen molar-refractivity contribution in [3.05, 3.63) is 41.4 Å². The third-order valence-corrected chi connectivity index (χ3v) is 2.30. The Morgan fingerprint density at radius 2 is 2.12 bits per heavy atom. The van der Waals surface area contributed by atoms with Gasteiger partial charge in [-0.15, -0.1) is 14.8 Å². The largest absolute Gasteiger partial charge is 0.437 e. The molecule has 0 atom stereocenters. The van der Waals surface area contributed by atoms with Gasteiger partial charge >= 0.3 is 0 Å². The van der Waals surface area contributed by atoms with Crippen LogP contribution in [0.25, 0.3) is 5.65 Å². The molecule has 0 bridgehead atoms. The summed E-state index contributed by atoms with van der Waals surface area (Å²) in [7, 11) is 0. The molecule has 2 heterocycles. The zero-order valence-corrected chi connectivity index (χ0v) is 9.24. The molecular weight excluding hydrogens is 242 g/mol. The van der Waals surface area contributed by atoms with E-state index in [1.807, 2.05) is 0 Å². The molecule has 7 heteroatoms. The summed E-state index contributed by atoms with van der Waals surface area (Å²) in [5.41, 5.74) is 0.559. The van der Waals surface area contributed by atoms with Crippen LogP contribution < -0.4 is 4.74 Å². The number of fused-ring (bicyclic) bond motifs is 1. The van der Waals surface area contributed by atoms with E-state index in [4.69, 9.17) is 16.3 Å². The van der Waals surface area contributed by atoms with Crippen molar-refractivity contribution in [2.75, 3.05) is 0 Å². The van der Waals surface area contributed by atoms with E-state index in [9.17, 15) is 0 Å². The first kappa shape index (κ1) is 9.98. The Kier molecular flexibility index (Phi) is 2.34. The Balaban J connectivity index is 1.94. The van der Waals surface area contributed by atoms with E-state index >= 15 is 0 Å². The second-order valence-electron chi connectivity index (χ2n) is 3.26. The second-order valence-corrected chi connectivity index (χ2v) is 3.69. The summed E-state index contributed by atoms with van der Waals surface area (Å²) < 4.78 is 6.82. The van der Waals surface area contributed by atoms with Crippen molar-refractivity contribution in [2.24, 2.45) is 0 Å². The lowest BCUT2D eigenvalue weighted by Crippen LogP contribution is -1.96. The first-order valence-corrected chi connectivity index (χ1v) is 5.18. The number of hydrogen-bond donors (Lipinski definition) is 0. The van der Waals surface area contributed by atoms with Gasteiger partial charge in [0.2, 0.25) is 5.88 Å². The van der Waals surface area contributed by atoms with E-state index < -0.39 is 0 Å². The van der Waals surface area contributed by atoms with Crippen molar-refractivity contribution in [1.82, 2.24) is 25.3 Å². The maximum absolute atomic E-state index is 5.85. The minimum Gasteiger partial charge on any atom is -0.437 e. The van der Waals surface area contributed by atoms with Crippen LogP contribution in [0.15, 0.2) is 36.4 Å². The Morgan fingerprint density at radius 1 is 1.18 bits per heavy atom. The molecule has 0 amide bonds. The molecule has 1 aromatic carbocycles. The van der Waals surface area contributed by atoms with Crippen LogP contribution in [-0.4, -0.2) is 25.3 Å². The average molecular weight is 248 g/mol. The predicted octanol–water partition coefficient (Wildman–Crippen LogP) is 1.96. The summed E-state index contributed by atoms with van der Waals surface area (Å²) in [4.78, 5) is 0. The van der Waals surface area contributed by atoms with Gasteiger partial charge in [-0.2, -0.15) is 0 Å². The maximum atomic E-state index is 5.85. The van der Waals surface area contributed by atoms with Crippen LogP contribution in [0.3, 0.4) is 0 Å². The molecule has 0 radical (unpaired) electrons. The van der Waals surface area contributed by atoms with Crippen molar-refractivity contribution in [2.45, 2.75) is 0 Å². The fraction of sp³-hybridized carbons (Fsp3) is 0. The molecule has 3 aromatic rings. The molecule has 0 unspecified atom stereocenters. The normalized spacial score (nSPS) is 10.6. The van der Waals surface area contributed by atoms with E-state index in [2.05, 4.69) is 20.6 Å². The number of rotatable bonds is 2. The molecule has 0 fully saturated rings. The summed E-state index contributed by atoms with van der Waals surface area (Å²) in [5.74, 6) is 1.00. The average Bonchev–Trinajstić information content (AvgIpc) is 2.76. The summed E-state index contributed by atoms with van der Waals surface area (Å²) in [6.07, 6.45) is 0. The van der Waals surface area contributed by atoms with Gasteiger partial charge in [0.25, 0.3) is 0 Å². The molecule has 6 nitrogen and oxygen atoms in total. The molecule has 84 valence electrons. The minimum absolute atomic E-state index is 0.395. The standard InChI is InChI=1S/C10H6ClN5O/c11-7-2-1-3-8(6-7)17-10-5-4-9-12-14-15-16(9)13-10/h1-6H. The zero-order valence-electron chi connectivity index (χ0n) is 8.49. The summed E-state index contributed by atoms with van der Waals surface area (Å²) in [6.45, 7) is 0. The van der Waals surface area contributed by atoms with Gasteiger partial charge < -0.3 is 4.74 Å². The first-order chi connectivity index (χ1) is 8.31. The molecule has 0 aliphatic carbocycles. The third kappa shape index (κ3) is 2.02. The molecule has 3 rings (SSSR count). The van der Waals surface area contributed by atoms with E-state index in [1.54, 1.807) is 36.4 Å². The lowest BCUT2D eigenvalue weighted by atomic mass is 10.3. The second kappa shape index (κ2) is 3.99. The van der Waals surface area contributed by atoms with E-state index in [0.717, 1.165) is 0 Å². The number of tetrazole rings is 1. The SMILES string of the molecule is Clc1cccc(Oc2ccc3nnnn3n2)c1. The number of aromatic nitrogens is 5. The molecule has 0 aliphatic rings. The Morgan fingerprint density at radius 3 is 3.00 bits per heavy atom. The number of hydrogen-bond acceptors (Lipinski definition) is 5. The van der Waals surface area contributed by atoms with Crippen LogP contribution in [0.1, 0.15) is 0 Å². The van der Waals surface area contributed by atoms with Crippen LogP contribution in [0, 0.1) is 0 Å². The molecular formula is C10H6ClN5O. The molecule has 17 heavy (non-hydrogen) atoms. The highest BCUT2D eigenvalue weighted by Crippen LogP contribution is 2.22. The van der Waals surface area contributed by atoms with Crippen molar-refractivity contribution in [1.29, 1.82) is 0 Å². The first-order valence-electron chi connectivity index (χ1n) is 4.80. The van der Waals surface area contributed by atoms with Gasteiger partial charge in [0.1, 0.15) is 5.75 Å². The molecule has 0 aliphatic heterocycles. The fourth-order valence-electron chi connectivity index (χ4n) is 1.34. The minimum atomic E-state index is 0.395. The van der Waals surface area contributed by atoms with Gasteiger partial charge in [0, 0.05) is 11.1 Å². The van der Waals surface area contributed by atoms with Gasteiger partial charge in [0.05, 0.1) is 0 Å². The summed E-state index contributed by atoms with van der Waals surface area (Å²) >= 11 is 5.85. The number of ether oxygens (including phenoxy) is 1. The highest BCUT2D eigenvalue weighted by molar-refractivity contribution is 6.30. The van der Waals surface area contributed by atoms with E-state index in [-0.39, 0.29) is 0 Å². The third-order valence-electron chi connectivity index (χ3n) is 2.06. The van der Waals surface area contributed by atoms with Crippen LogP contribution in [0.4, 0.5) is 0 Å². The van der Waals surface area contributed by atoms with E-state index in [0.29, 0.717) is 22.3 Å². The molecule has 2 aromatic heterocycles. The van der Waals surface area contributed by atoms with Crippen LogP contribution in [0.5, 0.6) is 11.6 Å². The van der Waals surface area contributed by atoms with Crippen molar-refractivity contribution in [3.8, 4) is 11.6 Å². The van der Waals surface area contributed by atoms with Gasteiger partial charge in [-0.05, 0) is 34.7 Å². The van der Waals surface area contributed by atoms with Crippen LogP contribution >= 0.6 is 11.6 Å². The van der Waals surface area contributed by atoms with Crippen LogP contribution in [0.2, 0.25) is 5.02 Å². The number of nitrogens with zero attached hydrogens (tertiary/aromatic N) is 5. The van der Waals surface area contributed by atoms with Crippen molar-refractivity contribution < 1.29 is 4.74 Å². The van der Waals surface area contributed by atoms with Crippen molar-refractivity contribution in [3.63, 3.8) is 0 Å². The molecule has 0 spiro atoms. The number of benzene rings is 1. The highest BCUT2D eigenvalue weighted by Gasteiger charge is 2.03. The topological polar surface area (TPSA) is 65.2 Å². The predicted molar refractivity (Wildman–Crippen MR) is 60.1 cm³/mol. The monoisotopic (exact) mass is 247 g/mol. The summed E-state index contributed by atoms with van der Waals surface area (Å²) in [6, 6.07) is 10.5. The molecule has 0 N–H and O–H groups in total. The Bertz CT molecular complexity index is 668. The summed E-state index contributed by atoms with van der Waals surface area (Å²) in [5, 5.41) is 15.6. The zero-order chi connectivity index (χ0) is 11.7. The Hall–Kier alpha value is -2.21. The molecule has 0 saturated carbocycles. The quantitative estimate of drug-likeness (QED) is 0.693. The number of halogens is 1. The Labute approximate surface area is 101 Å². The maximum Gasteiger partial charge on any atom is 0.239 e. The van der Waals surface area contributed by atoms with E-state index in [1.165, 1.54) is 4.63 Å². The van der Waals surface area contributed by atoms with Gasteiger partial charge in [0.15, 0.2) is 5.65 Å².